The first-order valence-corrected chi connectivity index (χ1v) is 11.1. The van der Waals surface area contributed by atoms with E-state index in [1.54, 1.807) is 7.05 Å². The number of carbonyl (C=O) groups is 2. The summed E-state index contributed by atoms with van der Waals surface area (Å²) in [5.41, 5.74) is 8.21. The number of aromatic nitrogens is 2. The lowest BCUT2D eigenvalue weighted by Gasteiger charge is -2.14. The number of carbonyl (C=O) groups excluding carboxylic acids is 2. The molecule has 1 aliphatic carbocycles. The van der Waals surface area contributed by atoms with E-state index >= 15 is 0 Å². The van der Waals surface area contributed by atoms with Gasteiger partial charge in [-0.05, 0) is 51.8 Å². The van der Waals surface area contributed by atoms with Gasteiger partial charge in [-0.15, -0.1) is 0 Å². The molecule has 5 N–H and O–H groups in total. The maximum Gasteiger partial charge on any atom is 0.271 e. The third-order valence-corrected chi connectivity index (χ3v) is 5.34. The predicted molar refractivity (Wildman–Crippen MR) is 123 cm³/mol. The summed E-state index contributed by atoms with van der Waals surface area (Å²) in [5, 5.41) is 8.94. The second-order valence-electron chi connectivity index (χ2n) is 7.90. The average molecular weight is 441 g/mol. The molecule has 3 rings (SSSR count). The van der Waals surface area contributed by atoms with E-state index in [9.17, 15) is 9.59 Å². The van der Waals surface area contributed by atoms with Crippen molar-refractivity contribution in [2.24, 2.45) is 5.73 Å². The van der Waals surface area contributed by atoms with Gasteiger partial charge in [-0.3, -0.25) is 9.59 Å². The van der Waals surface area contributed by atoms with Gasteiger partial charge in [-0.25, -0.2) is 9.97 Å². The van der Waals surface area contributed by atoms with Gasteiger partial charge in [0.05, 0.1) is 24.0 Å². The maximum atomic E-state index is 12.0. The Morgan fingerprint density at radius 1 is 1.28 bits per heavy atom. The van der Waals surface area contributed by atoms with Crippen LogP contribution < -0.4 is 26.4 Å². The van der Waals surface area contributed by atoms with Crippen molar-refractivity contribution in [2.45, 2.75) is 51.5 Å². The van der Waals surface area contributed by atoms with Crippen LogP contribution in [0, 0.1) is 0 Å². The Morgan fingerprint density at radius 3 is 2.72 bits per heavy atom. The number of likely N-dealkylation sites (N-methyl/N-ethyl adjacent to an activating group) is 1. The fourth-order valence-electron chi connectivity index (χ4n) is 3.24. The molecule has 0 aliphatic heterocycles. The minimum atomic E-state index is -0.612. The van der Waals surface area contributed by atoms with Gasteiger partial charge in [0.15, 0.2) is 11.5 Å². The van der Waals surface area contributed by atoms with Crippen molar-refractivity contribution < 1.29 is 14.3 Å². The number of rotatable bonds is 12. The predicted octanol–water partition coefficient (Wildman–Crippen LogP) is 2.25. The fraction of sp³-hybridized carbons (Fsp3) is 0.478. The number of aryl methyl sites for hydroxylation is 1. The van der Waals surface area contributed by atoms with E-state index in [4.69, 9.17) is 15.5 Å². The smallest absolute Gasteiger partial charge is 0.271 e. The number of ether oxygens (including phenoxy) is 1. The quantitative estimate of drug-likeness (QED) is 0.372. The highest BCUT2D eigenvalue weighted by Gasteiger charge is 2.30. The van der Waals surface area contributed by atoms with Crippen molar-refractivity contribution in [1.82, 2.24) is 20.6 Å². The monoisotopic (exact) mass is 440 g/mol. The van der Waals surface area contributed by atoms with Crippen LogP contribution in [0.1, 0.15) is 60.9 Å². The molecule has 9 nitrogen and oxygen atoms in total. The van der Waals surface area contributed by atoms with Crippen LogP contribution in [0.25, 0.3) is 0 Å². The summed E-state index contributed by atoms with van der Waals surface area (Å²) in [5.74, 6) is 0.802. The molecule has 172 valence electrons. The molecule has 1 aromatic heterocycles. The first kappa shape index (κ1) is 23.5. The van der Waals surface area contributed by atoms with Crippen LogP contribution in [0.3, 0.4) is 0 Å². The molecule has 1 saturated carbocycles. The molecule has 1 heterocycles. The SMILES string of the molecule is CCc1nc(C(N)=O)c(Nc2cccc(OCCCNC(=O)[C@H](C)NC)c2)nc1C1CC1. The molecule has 1 aromatic carbocycles. The first-order chi connectivity index (χ1) is 15.4. The zero-order valence-corrected chi connectivity index (χ0v) is 18.9. The zero-order chi connectivity index (χ0) is 23.1. The Morgan fingerprint density at radius 2 is 2.06 bits per heavy atom. The van der Waals surface area contributed by atoms with Gasteiger partial charge in [0, 0.05) is 24.2 Å². The van der Waals surface area contributed by atoms with Crippen LogP contribution in [0.2, 0.25) is 0 Å². The number of nitrogens with two attached hydrogens (primary N) is 1. The van der Waals surface area contributed by atoms with Crippen molar-refractivity contribution in [1.29, 1.82) is 0 Å². The molecule has 0 saturated heterocycles. The summed E-state index contributed by atoms with van der Waals surface area (Å²) in [4.78, 5) is 32.9. The van der Waals surface area contributed by atoms with E-state index in [-0.39, 0.29) is 17.6 Å². The fourth-order valence-corrected chi connectivity index (χ4v) is 3.24. The Hall–Kier alpha value is -3.20. The van der Waals surface area contributed by atoms with E-state index in [0.29, 0.717) is 43.5 Å². The van der Waals surface area contributed by atoms with Gasteiger partial charge in [0.2, 0.25) is 5.91 Å². The first-order valence-electron chi connectivity index (χ1n) is 11.1. The number of primary amides is 1. The number of nitrogens with one attached hydrogen (secondary N) is 3. The van der Waals surface area contributed by atoms with E-state index < -0.39 is 5.91 Å². The number of nitrogens with zero attached hydrogens (tertiary/aromatic N) is 2. The number of hydrogen-bond acceptors (Lipinski definition) is 7. The van der Waals surface area contributed by atoms with E-state index in [2.05, 4.69) is 20.9 Å². The van der Waals surface area contributed by atoms with Crippen molar-refractivity contribution >= 4 is 23.3 Å². The molecular weight excluding hydrogens is 408 g/mol. The molecule has 2 amide bonds. The minimum Gasteiger partial charge on any atom is -0.493 e. The molecule has 1 aliphatic rings. The zero-order valence-electron chi connectivity index (χ0n) is 18.9. The number of benzene rings is 1. The molecule has 0 radical (unpaired) electrons. The summed E-state index contributed by atoms with van der Waals surface area (Å²) in [6.07, 6.45) is 3.57. The van der Waals surface area contributed by atoms with Crippen LogP contribution in [0.15, 0.2) is 24.3 Å². The Balaban J connectivity index is 1.63. The van der Waals surface area contributed by atoms with Crippen LogP contribution in [0.4, 0.5) is 11.5 Å². The van der Waals surface area contributed by atoms with E-state index in [1.165, 1.54) is 0 Å². The number of anilines is 2. The van der Waals surface area contributed by atoms with Gasteiger partial charge in [0.25, 0.3) is 5.91 Å². The number of hydrogen-bond donors (Lipinski definition) is 4. The van der Waals surface area contributed by atoms with Gasteiger partial charge >= 0.3 is 0 Å². The lowest BCUT2D eigenvalue weighted by Crippen LogP contribution is -2.40. The van der Waals surface area contributed by atoms with Crippen LogP contribution >= 0.6 is 0 Å². The standard InChI is InChI=1S/C23H32N6O3/c1-4-18-19(15-9-10-15)29-22(20(28-18)21(24)30)27-16-7-5-8-17(13-16)32-12-6-11-26-23(31)14(2)25-3/h5,7-8,13-15,25H,4,6,9-12H2,1-3H3,(H2,24,30)(H,26,31)(H,27,29)/t14-/m0/s1. The molecule has 2 aromatic rings. The van der Waals surface area contributed by atoms with Crippen molar-refractivity contribution in [2.75, 3.05) is 25.5 Å². The molecule has 0 spiro atoms. The van der Waals surface area contributed by atoms with Crippen molar-refractivity contribution in [3.8, 4) is 5.75 Å². The molecule has 9 heteroatoms. The topological polar surface area (TPSA) is 131 Å². The van der Waals surface area contributed by atoms with E-state index in [0.717, 1.165) is 29.9 Å². The summed E-state index contributed by atoms with van der Waals surface area (Å²) < 4.78 is 5.80. The summed E-state index contributed by atoms with van der Waals surface area (Å²) in [6.45, 7) is 4.80. The molecule has 1 atom stereocenters. The highest BCUT2D eigenvalue weighted by Crippen LogP contribution is 2.41. The molecular formula is C23H32N6O3. The van der Waals surface area contributed by atoms with Crippen LogP contribution in [0.5, 0.6) is 5.75 Å². The van der Waals surface area contributed by atoms with Crippen molar-refractivity contribution in [3.05, 3.63) is 41.3 Å². The van der Waals surface area contributed by atoms with E-state index in [1.807, 2.05) is 38.1 Å². The Bertz CT molecular complexity index is 961. The number of amides is 2. The Labute approximate surface area is 188 Å². The minimum absolute atomic E-state index is 0.0373. The van der Waals surface area contributed by atoms with Crippen molar-refractivity contribution in [3.63, 3.8) is 0 Å². The highest BCUT2D eigenvalue weighted by atomic mass is 16.5. The summed E-state index contributed by atoms with van der Waals surface area (Å²) in [7, 11) is 1.75. The molecule has 32 heavy (non-hydrogen) atoms. The third-order valence-electron chi connectivity index (χ3n) is 5.34. The van der Waals surface area contributed by atoms with Gasteiger partial charge in [-0.2, -0.15) is 0 Å². The average Bonchev–Trinajstić information content (AvgIpc) is 3.63. The molecule has 0 bridgehead atoms. The highest BCUT2D eigenvalue weighted by molar-refractivity contribution is 5.96. The second-order valence-corrected chi connectivity index (χ2v) is 7.90. The normalized spacial score (nSPS) is 14.0. The molecule has 0 unspecified atom stereocenters. The lowest BCUT2D eigenvalue weighted by molar-refractivity contribution is -0.122. The summed E-state index contributed by atoms with van der Waals surface area (Å²) >= 11 is 0. The van der Waals surface area contributed by atoms with Gasteiger partial charge in [-0.1, -0.05) is 13.0 Å². The van der Waals surface area contributed by atoms with Crippen LogP contribution in [-0.2, 0) is 11.2 Å². The van der Waals surface area contributed by atoms with Gasteiger partial charge < -0.3 is 26.4 Å². The maximum absolute atomic E-state index is 12.0. The third kappa shape index (κ3) is 6.16. The van der Waals surface area contributed by atoms with Crippen LogP contribution in [-0.4, -0.2) is 48.0 Å². The molecule has 1 fully saturated rings. The second kappa shape index (κ2) is 10.9. The van der Waals surface area contributed by atoms with Gasteiger partial charge in [0.1, 0.15) is 5.75 Å². The largest absolute Gasteiger partial charge is 0.493 e. The Kier molecular flexibility index (Phi) is 7.99. The lowest BCUT2D eigenvalue weighted by atomic mass is 10.1. The summed E-state index contributed by atoms with van der Waals surface area (Å²) in [6, 6.07) is 7.18.